The van der Waals surface area contributed by atoms with Crippen molar-refractivity contribution >= 4 is 50.9 Å². The van der Waals surface area contributed by atoms with E-state index in [0.717, 1.165) is 27.1 Å². The molecule has 0 aliphatic rings. The Balaban J connectivity index is 1.51. The molecule has 0 aliphatic carbocycles. The molecule has 8 heteroatoms. The number of hydrogen-bond donors (Lipinski definition) is 2. The maximum absolute atomic E-state index is 12.1. The van der Waals surface area contributed by atoms with Gasteiger partial charge in [-0.25, -0.2) is 5.43 Å². The van der Waals surface area contributed by atoms with E-state index in [4.69, 9.17) is 0 Å². The number of nitro groups is 1. The van der Waals surface area contributed by atoms with Crippen LogP contribution in [0.15, 0.2) is 84.0 Å². The van der Waals surface area contributed by atoms with Gasteiger partial charge in [0.1, 0.15) is 0 Å². The van der Waals surface area contributed by atoms with Gasteiger partial charge < -0.3 is 5.32 Å². The van der Waals surface area contributed by atoms with E-state index in [1.54, 1.807) is 0 Å². The average molecular weight is 412 g/mol. The van der Waals surface area contributed by atoms with Crippen molar-refractivity contribution in [1.82, 2.24) is 5.43 Å². The Labute approximate surface area is 176 Å². The van der Waals surface area contributed by atoms with Crippen molar-refractivity contribution in [2.45, 2.75) is 0 Å². The normalized spacial score (nSPS) is 11.0. The van der Waals surface area contributed by atoms with Gasteiger partial charge in [-0.3, -0.25) is 19.7 Å². The summed E-state index contributed by atoms with van der Waals surface area (Å²) in [6, 6.07) is 22.9. The van der Waals surface area contributed by atoms with Gasteiger partial charge in [0.25, 0.3) is 5.69 Å². The van der Waals surface area contributed by atoms with Gasteiger partial charge in [0.15, 0.2) is 0 Å². The molecule has 4 rings (SSSR count). The molecule has 0 spiro atoms. The molecule has 2 amide bonds. The van der Waals surface area contributed by atoms with Crippen LogP contribution in [-0.2, 0) is 9.59 Å². The fraction of sp³-hybridized carbons (Fsp3) is 0. The lowest BCUT2D eigenvalue weighted by Crippen LogP contribution is -2.32. The van der Waals surface area contributed by atoms with Crippen LogP contribution < -0.4 is 10.7 Å². The fourth-order valence-electron chi connectivity index (χ4n) is 3.25. The van der Waals surface area contributed by atoms with E-state index in [9.17, 15) is 19.7 Å². The number of nitrogens with one attached hydrogen (secondary N) is 2. The minimum absolute atomic E-state index is 0.116. The molecule has 0 heterocycles. The van der Waals surface area contributed by atoms with E-state index in [2.05, 4.69) is 21.9 Å². The first-order chi connectivity index (χ1) is 15.0. The van der Waals surface area contributed by atoms with Gasteiger partial charge in [0.05, 0.1) is 11.1 Å². The first kappa shape index (κ1) is 19.7. The first-order valence-electron chi connectivity index (χ1n) is 9.32. The largest absolute Gasteiger partial charge is 0.329 e. The third kappa shape index (κ3) is 4.23. The lowest BCUT2D eigenvalue weighted by Gasteiger charge is -2.08. The minimum Gasteiger partial charge on any atom is -0.318 e. The number of carbonyl (C=O) groups is 2. The molecule has 0 bridgehead atoms. The second-order valence-corrected chi connectivity index (χ2v) is 6.69. The minimum atomic E-state index is -0.959. The number of rotatable bonds is 4. The number of nitrogens with zero attached hydrogens (tertiary/aromatic N) is 2. The number of carbonyl (C=O) groups excluding carboxylic acids is 2. The van der Waals surface area contributed by atoms with Gasteiger partial charge in [0.2, 0.25) is 0 Å². The van der Waals surface area contributed by atoms with Crippen molar-refractivity contribution in [3.05, 3.63) is 94.5 Å². The molecule has 8 nitrogen and oxygen atoms in total. The van der Waals surface area contributed by atoms with Crippen molar-refractivity contribution in [2.24, 2.45) is 5.10 Å². The number of fused-ring (bicyclic) bond motifs is 2. The topological polar surface area (TPSA) is 114 Å². The van der Waals surface area contributed by atoms with E-state index in [-0.39, 0.29) is 11.4 Å². The van der Waals surface area contributed by atoms with Crippen LogP contribution in [0.5, 0.6) is 0 Å². The van der Waals surface area contributed by atoms with E-state index < -0.39 is 16.7 Å². The summed E-state index contributed by atoms with van der Waals surface area (Å²) in [6.45, 7) is 0. The summed E-state index contributed by atoms with van der Waals surface area (Å²) in [7, 11) is 0. The Kier molecular flexibility index (Phi) is 5.35. The average Bonchev–Trinajstić information content (AvgIpc) is 2.78. The van der Waals surface area contributed by atoms with Crippen LogP contribution in [0.25, 0.3) is 21.5 Å². The second kappa shape index (κ2) is 8.42. The summed E-state index contributed by atoms with van der Waals surface area (Å²) in [5, 5.41) is 21.0. The molecule has 152 valence electrons. The van der Waals surface area contributed by atoms with Crippen LogP contribution in [0, 0.1) is 10.1 Å². The van der Waals surface area contributed by atoms with Crippen LogP contribution in [0.4, 0.5) is 11.4 Å². The van der Waals surface area contributed by atoms with Gasteiger partial charge in [-0.1, -0.05) is 48.5 Å². The van der Waals surface area contributed by atoms with E-state index in [1.165, 1.54) is 30.5 Å². The maximum Gasteiger partial charge on any atom is 0.329 e. The highest BCUT2D eigenvalue weighted by molar-refractivity contribution is 6.39. The molecule has 0 atom stereocenters. The Morgan fingerprint density at radius 3 is 2.00 bits per heavy atom. The monoisotopic (exact) mass is 412 g/mol. The molecule has 0 aromatic heterocycles. The molecular formula is C23H16N4O4. The van der Waals surface area contributed by atoms with Crippen LogP contribution >= 0.6 is 0 Å². The Morgan fingerprint density at radius 1 is 0.839 bits per heavy atom. The number of amides is 2. The van der Waals surface area contributed by atoms with Gasteiger partial charge in [-0.15, -0.1) is 0 Å². The van der Waals surface area contributed by atoms with Gasteiger partial charge in [-0.2, -0.15) is 5.10 Å². The predicted octanol–water partition coefficient (Wildman–Crippen LogP) is 3.99. The standard InChI is InChI=1S/C23H16N4O4/c28-22(25-17-9-11-18(12-10-17)27(30)31)23(29)26-24-14-21-19-7-3-1-5-15(19)13-16-6-2-4-8-20(16)21/h1-14H,(H,25,28)(H,26,29)/b24-14-. The molecule has 2 N–H and O–H groups in total. The van der Waals surface area contributed by atoms with Crippen LogP contribution in [-0.4, -0.2) is 23.0 Å². The summed E-state index contributed by atoms with van der Waals surface area (Å²) in [4.78, 5) is 34.3. The SMILES string of the molecule is O=C(N/N=C\c1c2ccccc2cc2ccccc12)C(=O)Nc1ccc([N+](=O)[O-])cc1. The van der Waals surface area contributed by atoms with Crippen molar-refractivity contribution in [1.29, 1.82) is 0 Å². The van der Waals surface area contributed by atoms with Gasteiger partial charge in [-0.05, 0) is 39.7 Å². The quantitative estimate of drug-likeness (QED) is 0.173. The molecule has 0 unspecified atom stereocenters. The highest BCUT2D eigenvalue weighted by atomic mass is 16.6. The summed E-state index contributed by atoms with van der Waals surface area (Å²) in [5.41, 5.74) is 3.19. The molecule has 4 aromatic rings. The number of nitro benzene ring substituents is 1. The van der Waals surface area contributed by atoms with E-state index >= 15 is 0 Å². The van der Waals surface area contributed by atoms with Crippen LogP contribution in [0.2, 0.25) is 0 Å². The predicted molar refractivity (Wildman–Crippen MR) is 119 cm³/mol. The zero-order chi connectivity index (χ0) is 21.8. The van der Waals surface area contributed by atoms with E-state index in [1.807, 2.05) is 48.5 Å². The van der Waals surface area contributed by atoms with Crippen molar-refractivity contribution < 1.29 is 14.5 Å². The summed E-state index contributed by atoms with van der Waals surface area (Å²) in [6.07, 6.45) is 1.52. The number of hydrazone groups is 1. The zero-order valence-electron chi connectivity index (χ0n) is 16.1. The third-order valence-corrected chi connectivity index (χ3v) is 4.71. The molecule has 0 aliphatic heterocycles. The number of benzene rings is 4. The molecule has 0 radical (unpaired) electrons. The zero-order valence-corrected chi connectivity index (χ0v) is 16.1. The number of anilines is 1. The van der Waals surface area contributed by atoms with Crippen LogP contribution in [0.3, 0.4) is 0 Å². The van der Waals surface area contributed by atoms with E-state index in [0.29, 0.717) is 0 Å². The lowest BCUT2D eigenvalue weighted by molar-refractivity contribution is -0.384. The lowest BCUT2D eigenvalue weighted by atomic mass is 9.97. The third-order valence-electron chi connectivity index (χ3n) is 4.71. The molecule has 0 fully saturated rings. The maximum atomic E-state index is 12.1. The molecule has 0 saturated heterocycles. The number of hydrogen-bond acceptors (Lipinski definition) is 5. The van der Waals surface area contributed by atoms with Crippen LogP contribution in [0.1, 0.15) is 5.56 Å². The first-order valence-corrected chi connectivity index (χ1v) is 9.32. The molecule has 31 heavy (non-hydrogen) atoms. The Bertz CT molecular complexity index is 1290. The highest BCUT2D eigenvalue weighted by Crippen LogP contribution is 2.27. The fourth-order valence-corrected chi connectivity index (χ4v) is 3.25. The second-order valence-electron chi connectivity index (χ2n) is 6.69. The van der Waals surface area contributed by atoms with Crippen molar-refractivity contribution in [3.63, 3.8) is 0 Å². The molecule has 0 saturated carbocycles. The highest BCUT2D eigenvalue weighted by Gasteiger charge is 2.14. The van der Waals surface area contributed by atoms with Crippen molar-refractivity contribution in [3.8, 4) is 0 Å². The van der Waals surface area contributed by atoms with Crippen molar-refractivity contribution in [2.75, 3.05) is 5.32 Å². The molecule has 4 aromatic carbocycles. The molecular weight excluding hydrogens is 396 g/mol. The summed E-state index contributed by atoms with van der Waals surface area (Å²) >= 11 is 0. The summed E-state index contributed by atoms with van der Waals surface area (Å²) in [5.74, 6) is -1.90. The summed E-state index contributed by atoms with van der Waals surface area (Å²) < 4.78 is 0. The Morgan fingerprint density at radius 2 is 1.42 bits per heavy atom. The van der Waals surface area contributed by atoms with Gasteiger partial charge >= 0.3 is 11.8 Å². The Hall–Kier alpha value is -4.59. The smallest absolute Gasteiger partial charge is 0.318 e. The number of non-ortho nitro benzene ring substituents is 1. The van der Waals surface area contributed by atoms with Gasteiger partial charge in [0, 0.05) is 23.4 Å².